The molecule has 2 aromatic carbocycles. The molecule has 2 rings (SSSR count). The predicted molar refractivity (Wildman–Crippen MR) is 139 cm³/mol. The first-order valence-electron chi connectivity index (χ1n) is 11.3. The smallest absolute Gasteiger partial charge is 0.334 e. The summed E-state index contributed by atoms with van der Waals surface area (Å²) in [5.41, 5.74) is 16.0. The van der Waals surface area contributed by atoms with Crippen molar-refractivity contribution in [2.45, 2.75) is 50.9 Å². The molecule has 0 unspecified atom stereocenters. The maximum atomic E-state index is 6.46. The standard InChI is InChI=1S/C24H40N2O5Si2/c1-27-32(5,28-2)17-7-9-21-22(10-8-18-33(6,29-3)30-4)24(16-15-23(21)26)31-20-13-11-19(25)12-14-20/h11-16H,7-10,17-18,25-26H2,1-6H3. The summed E-state index contributed by atoms with van der Waals surface area (Å²) >= 11 is 0. The minimum Gasteiger partial charge on any atom is -0.457 e. The number of ether oxygens (including phenoxy) is 1. The van der Waals surface area contributed by atoms with E-state index in [2.05, 4.69) is 13.1 Å². The quantitative estimate of drug-likeness (QED) is 0.275. The Kier molecular flexibility index (Phi) is 10.4. The molecule has 0 atom stereocenters. The van der Waals surface area contributed by atoms with E-state index >= 15 is 0 Å². The van der Waals surface area contributed by atoms with Crippen LogP contribution < -0.4 is 16.2 Å². The van der Waals surface area contributed by atoms with Crippen molar-refractivity contribution in [3.05, 3.63) is 47.5 Å². The Morgan fingerprint density at radius 1 is 0.667 bits per heavy atom. The van der Waals surface area contributed by atoms with E-state index in [0.717, 1.165) is 66.1 Å². The minimum absolute atomic E-state index is 0.701. The molecule has 4 N–H and O–H groups in total. The van der Waals surface area contributed by atoms with Gasteiger partial charge in [0.05, 0.1) is 0 Å². The van der Waals surface area contributed by atoms with Crippen molar-refractivity contribution in [2.24, 2.45) is 0 Å². The van der Waals surface area contributed by atoms with E-state index in [1.165, 1.54) is 0 Å². The molecule has 0 saturated carbocycles. The lowest BCUT2D eigenvalue weighted by Crippen LogP contribution is -2.36. The summed E-state index contributed by atoms with van der Waals surface area (Å²) in [5, 5.41) is 0. The Balaban J connectivity index is 2.29. The molecule has 0 amide bonds. The number of hydrogen-bond donors (Lipinski definition) is 2. The van der Waals surface area contributed by atoms with Gasteiger partial charge in [0.2, 0.25) is 0 Å². The number of rotatable bonds is 14. The molecule has 0 bridgehead atoms. The highest BCUT2D eigenvalue weighted by atomic mass is 28.4. The van der Waals surface area contributed by atoms with Crippen LogP contribution in [0.25, 0.3) is 0 Å². The van der Waals surface area contributed by atoms with E-state index in [4.69, 9.17) is 33.9 Å². The number of benzene rings is 2. The second-order valence-corrected chi connectivity index (χ2v) is 15.7. The number of nitrogen functional groups attached to an aromatic ring is 2. The molecule has 9 heteroatoms. The van der Waals surface area contributed by atoms with Gasteiger partial charge >= 0.3 is 17.1 Å². The summed E-state index contributed by atoms with van der Waals surface area (Å²) in [5.74, 6) is 1.56. The maximum Gasteiger partial charge on any atom is 0.334 e. The van der Waals surface area contributed by atoms with Gasteiger partial charge in [0, 0.05) is 45.4 Å². The lowest BCUT2D eigenvalue weighted by molar-refractivity contribution is 0.248. The van der Waals surface area contributed by atoms with E-state index in [1.54, 1.807) is 28.4 Å². The van der Waals surface area contributed by atoms with Crippen molar-refractivity contribution >= 4 is 28.5 Å². The molecule has 2 aromatic rings. The first-order valence-corrected chi connectivity index (χ1v) is 16.4. The molecule has 0 fully saturated rings. The van der Waals surface area contributed by atoms with Crippen molar-refractivity contribution in [3.63, 3.8) is 0 Å². The van der Waals surface area contributed by atoms with Crippen LogP contribution >= 0.6 is 0 Å². The van der Waals surface area contributed by atoms with Crippen LogP contribution in [0.15, 0.2) is 36.4 Å². The summed E-state index contributed by atoms with van der Waals surface area (Å²) < 4.78 is 28.9. The molecule has 0 heterocycles. The molecule has 33 heavy (non-hydrogen) atoms. The molecule has 0 aliphatic carbocycles. The predicted octanol–water partition coefficient (Wildman–Crippen LogP) is 5.24. The highest BCUT2D eigenvalue weighted by molar-refractivity contribution is 6.66. The van der Waals surface area contributed by atoms with Crippen LogP contribution in [0.2, 0.25) is 25.2 Å². The average molecular weight is 493 g/mol. The van der Waals surface area contributed by atoms with Crippen molar-refractivity contribution < 1.29 is 22.4 Å². The van der Waals surface area contributed by atoms with Gasteiger partial charge in [-0.05, 0) is 92.8 Å². The van der Waals surface area contributed by atoms with Crippen LogP contribution in [0.1, 0.15) is 24.0 Å². The highest BCUT2D eigenvalue weighted by Crippen LogP contribution is 2.34. The van der Waals surface area contributed by atoms with Gasteiger partial charge in [0.25, 0.3) is 0 Å². The number of nitrogens with two attached hydrogens (primary N) is 2. The van der Waals surface area contributed by atoms with Crippen LogP contribution in [0.3, 0.4) is 0 Å². The van der Waals surface area contributed by atoms with Gasteiger partial charge in [-0.25, -0.2) is 0 Å². The molecule has 0 aliphatic heterocycles. The molecule has 7 nitrogen and oxygen atoms in total. The van der Waals surface area contributed by atoms with E-state index < -0.39 is 17.1 Å². The van der Waals surface area contributed by atoms with Gasteiger partial charge in [-0.1, -0.05) is 0 Å². The number of hydrogen-bond acceptors (Lipinski definition) is 7. The second kappa shape index (κ2) is 12.5. The van der Waals surface area contributed by atoms with Gasteiger partial charge in [0.1, 0.15) is 11.5 Å². The summed E-state index contributed by atoms with van der Waals surface area (Å²) in [4.78, 5) is 0. The van der Waals surface area contributed by atoms with Gasteiger partial charge in [0.15, 0.2) is 0 Å². The molecule has 0 aromatic heterocycles. The molecule has 0 saturated heterocycles. The Hall–Kier alpha value is -1.89. The summed E-state index contributed by atoms with van der Waals surface area (Å²) in [6.45, 7) is 4.17. The Morgan fingerprint density at radius 2 is 1.15 bits per heavy atom. The van der Waals surface area contributed by atoms with E-state index in [0.29, 0.717) is 5.69 Å². The molecule has 184 valence electrons. The minimum atomic E-state index is -2.15. The normalized spacial score (nSPS) is 12.2. The van der Waals surface area contributed by atoms with E-state index in [-0.39, 0.29) is 0 Å². The van der Waals surface area contributed by atoms with Crippen LogP contribution in [-0.2, 0) is 30.5 Å². The van der Waals surface area contributed by atoms with Gasteiger partial charge in [-0.2, -0.15) is 0 Å². The Morgan fingerprint density at radius 3 is 1.64 bits per heavy atom. The van der Waals surface area contributed by atoms with Crippen LogP contribution in [0, 0.1) is 0 Å². The first kappa shape index (κ1) is 27.4. The van der Waals surface area contributed by atoms with E-state index in [1.807, 2.05) is 36.4 Å². The molecule has 0 spiro atoms. The second-order valence-electron chi connectivity index (χ2n) is 8.57. The fourth-order valence-corrected chi connectivity index (χ4v) is 6.55. The first-order chi connectivity index (χ1) is 15.7. The van der Waals surface area contributed by atoms with Crippen molar-refractivity contribution in [1.29, 1.82) is 0 Å². The third-order valence-electron chi connectivity index (χ3n) is 6.37. The molecule has 0 aliphatic rings. The Bertz CT molecular complexity index is 872. The zero-order valence-electron chi connectivity index (χ0n) is 20.9. The van der Waals surface area contributed by atoms with Crippen molar-refractivity contribution in [2.75, 3.05) is 39.9 Å². The van der Waals surface area contributed by atoms with Crippen LogP contribution in [0.5, 0.6) is 11.5 Å². The summed E-state index contributed by atoms with van der Waals surface area (Å²) in [6.07, 6.45) is 3.50. The molecular formula is C24H40N2O5Si2. The average Bonchev–Trinajstić information content (AvgIpc) is 2.83. The Labute approximate surface area is 200 Å². The van der Waals surface area contributed by atoms with E-state index in [9.17, 15) is 0 Å². The zero-order valence-corrected chi connectivity index (χ0v) is 22.9. The fourth-order valence-electron chi connectivity index (χ4n) is 3.76. The van der Waals surface area contributed by atoms with Crippen molar-refractivity contribution in [3.8, 4) is 11.5 Å². The zero-order chi connectivity index (χ0) is 24.5. The highest BCUT2D eigenvalue weighted by Gasteiger charge is 2.29. The summed E-state index contributed by atoms with van der Waals surface area (Å²) in [6, 6.07) is 13.1. The summed E-state index contributed by atoms with van der Waals surface area (Å²) in [7, 11) is 2.61. The van der Waals surface area contributed by atoms with Gasteiger partial charge < -0.3 is 33.9 Å². The van der Waals surface area contributed by atoms with Crippen LogP contribution in [0.4, 0.5) is 11.4 Å². The van der Waals surface area contributed by atoms with Gasteiger partial charge in [-0.15, -0.1) is 0 Å². The monoisotopic (exact) mass is 492 g/mol. The van der Waals surface area contributed by atoms with Crippen molar-refractivity contribution in [1.82, 2.24) is 0 Å². The number of anilines is 2. The lowest BCUT2D eigenvalue weighted by Gasteiger charge is -2.24. The third-order valence-corrected chi connectivity index (χ3v) is 12.4. The SMILES string of the molecule is CO[Si](C)(CCCc1c(N)ccc(Oc2ccc(N)cc2)c1CCC[Si](C)(OC)OC)OC. The topological polar surface area (TPSA) is 98.2 Å². The maximum absolute atomic E-state index is 6.46. The van der Waals surface area contributed by atoms with Gasteiger partial charge in [-0.3, -0.25) is 0 Å². The fraction of sp³-hybridized carbons (Fsp3) is 0.500. The van der Waals surface area contributed by atoms with Crippen LogP contribution in [-0.4, -0.2) is 45.6 Å². The largest absolute Gasteiger partial charge is 0.457 e. The third kappa shape index (κ3) is 7.84. The lowest BCUT2D eigenvalue weighted by atomic mass is 9.96. The molecular weight excluding hydrogens is 452 g/mol. The molecule has 0 radical (unpaired) electrons.